The van der Waals surface area contributed by atoms with E-state index in [-0.39, 0.29) is 17.5 Å². The van der Waals surface area contributed by atoms with E-state index in [0.29, 0.717) is 37.8 Å². The normalized spacial score (nSPS) is 18.8. The fraction of sp³-hybridized carbons (Fsp3) is 0.364. The molecule has 3 heterocycles. The van der Waals surface area contributed by atoms with Crippen molar-refractivity contribution in [2.75, 3.05) is 44.8 Å². The second-order valence-corrected chi connectivity index (χ2v) is 7.34. The van der Waals surface area contributed by atoms with Crippen molar-refractivity contribution in [2.24, 2.45) is 11.7 Å². The molecule has 0 saturated carbocycles. The summed E-state index contributed by atoms with van der Waals surface area (Å²) in [6, 6.07) is 7.43. The van der Waals surface area contributed by atoms with Crippen molar-refractivity contribution in [3.05, 3.63) is 41.7 Å². The van der Waals surface area contributed by atoms with Gasteiger partial charge in [0.05, 0.1) is 25.1 Å². The van der Waals surface area contributed by atoms with Crippen molar-refractivity contribution in [3.63, 3.8) is 0 Å². The molecule has 154 valence electrons. The van der Waals surface area contributed by atoms with Gasteiger partial charge in [0.15, 0.2) is 11.5 Å². The van der Waals surface area contributed by atoms with Crippen LogP contribution in [0.3, 0.4) is 0 Å². The van der Waals surface area contributed by atoms with Crippen molar-refractivity contribution in [1.29, 1.82) is 0 Å². The van der Waals surface area contributed by atoms with Crippen molar-refractivity contribution < 1.29 is 14.3 Å². The molecule has 2 N–H and O–H groups in total. The highest BCUT2D eigenvalue weighted by molar-refractivity contribution is 5.97. The van der Waals surface area contributed by atoms with E-state index < -0.39 is 5.91 Å². The maximum atomic E-state index is 12.0. The maximum Gasteiger partial charge on any atom is 0.269 e. The first kappa shape index (κ1) is 19.9. The standard InChI is InChI=1S/C22H23N5O3/c1-26-8-7-16(22(26)29)6-5-15-3-2-4-17(13-15)21-24-14-18(19(25-21)20(23)28)27-9-11-30-12-10-27/h2-4,13-14,16H,7-12H2,1H3,(H2,23,28). The second kappa shape index (κ2) is 8.51. The summed E-state index contributed by atoms with van der Waals surface area (Å²) in [6.07, 6.45) is 2.38. The summed E-state index contributed by atoms with van der Waals surface area (Å²) in [6.45, 7) is 3.21. The number of ether oxygens (including phenoxy) is 1. The molecule has 2 fully saturated rings. The van der Waals surface area contributed by atoms with Crippen LogP contribution >= 0.6 is 0 Å². The topological polar surface area (TPSA) is 102 Å². The minimum absolute atomic E-state index is 0.0618. The number of likely N-dealkylation sites (tertiary alicyclic amines) is 1. The Bertz CT molecular complexity index is 1040. The fourth-order valence-corrected chi connectivity index (χ4v) is 3.59. The molecule has 8 heteroatoms. The summed E-state index contributed by atoms with van der Waals surface area (Å²) in [5, 5.41) is 0. The van der Waals surface area contributed by atoms with Crippen LogP contribution in [0.5, 0.6) is 0 Å². The number of carbonyl (C=O) groups excluding carboxylic acids is 2. The number of rotatable bonds is 3. The number of hydrogen-bond donors (Lipinski definition) is 1. The van der Waals surface area contributed by atoms with E-state index in [2.05, 4.69) is 21.8 Å². The lowest BCUT2D eigenvalue weighted by atomic mass is 10.1. The fourth-order valence-electron chi connectivity index (χ4n) is 3.59. The maximum absolute atomic E-state index is 12.0. The Balaban J connectivity index is 1.61. The number of benzene rings is 1. The van der Waals surface area contributed by atoms with E-state index >= 15 is 0 Å². The predicted octanol–water partition coefficient (Wildman–Crippen LogP) is 0.909. The third-order valence-corrected chi connectivity index (χ3v) is 5.29. The van der Waals surface area contributed by atoms with E-state index in [9.17, 15) is 9.59 Å². The van der Waals surface area contributed by atoms with Gasteiger partial charge >= 0.3 is 0 Å². The molecule has 2 aromatic rings. The molecule has 1 aromatic heterocycles. The van der Waals surface area contributed by atoms with Crippen LogP contribution in [-0.2, 0) is 9.53 Å². The molecular weight excluding hydrogens is 382 g/mol. The van der Waals surface area contributed by atoms with Gasteiger partial charge in [0.25, 0.3) is 5.91 Å². The molecule has 30 heavy (non-hydrogen) atoms. The lowest BCUT2D eigenvalue weighted by Gasteiger charge is -2.29. The molecule has 2 aliphatic heterocycles. The molecule has 4 rings (SSSR count). The van der Waals surface area contributed by atoms with Crippen LogP contribution in [0.4, 0.5) is 5.69 Å². The van der Waals surface area contributed by atoms with Gasteiger partial charge < -0.3 is 20.3 Å². The average molecular weight is 405 g/mol. The highest BCUT2D eigenvalue weighted by Crippen LogP contribution is 2.23. The number of aromatic nitrogens is 2. The molecule has 1 atom stereocenters. The van der Waals surface area contributed by atoms with Crippen molar-refractivity contribution in [1.82, 2.24) is 14.9 Å². The molecule has 2 saturated heterocycles. The second-order valence-electron chi connectivity index (χ2n) is 7.34. The molecule has 1 aromatic carbocycles. The predicted molar refractivity (Wildman–Crippen MR) is 112 cm³/mol. The summed E-state index contributed by atoms with van der Waals surface area (Å²) in [5.41, 5.74) is 7.90. The highest BCUT2D eigenvalue weighted by Gasteiger charge is 2.27. The molecule has 0 aliphatic carbocycles. The Morgan fingerprint density at radius 3 is 2.77 bits per heavy atom. The molecule has 2 amide bonds. The third-order valence-electron chi connectivity index (χ3n) is 5.29. The Kier molecular flexibility index (Phi) is 5.63. The monoisotopic (exact) mass is 405 g/mol. The summed E-state index contributed by atoms with van der Waals surface area (Å²) < 4.78 is 5.36. The smallest absolute Gasteiger partial charge is 0.269 e. The van der Waals surface area contributed by atoms with Gasteiger partial charge in [0.2, 0.25) is 5.91 Å². The lowest BCUT2D eigenvalue weighted by molar-refractivity contribution is -0.128. The van der Waals surface area contributed by atoms with E-state index in [4.69, 9.17) is 10.5 Å². The van der Waals surface area contributed by atoms with Crippen LogP contribution in [0.1, 0.15) is 22.5 Å². The van der Waals surface area contributed by atoms with Gasteiger partial charge in [-0.3, -0.25) is 9.59 Å². The summed E-state index contributed by atoms with van der Waals surface area (Å²) in [5.74, 6) is 5.75. The minimum Gasteiger partial charge on any atom is -0.378 e. The number of primary amides is 1. The van der Waals surface area contributed by atoms with E-state index in [0.717, 1.165) is 24.1 Å². The SMILES string of the molecule is CN1CCC(C#Cc2cccc(-c3ncc(N4CCOCC4)c(C(N)=O)n3)c2)C1=O. The van der Waals surface area contributed by atoms with Crippen molar-refractivity contribution >= 4 is 17.5 Å². The number of amides is 2. The van der Waals surface area contributed by atoms with Gasteiger partial charge in [-0.1, -0.05) is 24.0 Å². The van der Waals surface area contributed by atoms with Crippen LogP contribution in [0.15, 0.2) is 30.5 Å². The Morgan fingerprint density at radius 2 is 2.07 bits per heavy atom. The van der Waals surface area contributed by atoms with E-state index in [1.54, 1.807) is 18.1 Å². The number of nitrogens with two attached hydrogens (primary N) is 1. The van der Waals surface area contributed by atoms with Crippen molar-refractivity contribution in [2.45, 2.75) is 6.42 Å². The number of hydrogen-bond acceptors (Lipinski definition) is 6. The highest BCUT2D eigenvalue weighted by atomic mass is 16.5. The number of morpholine rings is 1. The van der Waals surface area contributed by atoms with Crippen LogP contribution in [0.25, 0.3) is 11.4 Å². The van der Waals surface area contributed by atoms with Gasteiger partial charge in [-0.2, -0.15) is 0 Å². The van der Waals surface area contributed by atoms with Gasteiger partial charge in [-0.05, 0) is 18.6 Å². The van der Waals surface area contributed by atoms with Crippen LogP contribution in [-0.4, -0.2) is 66.6 Å². The Labute approximate surface area is 175 Å². The van der Waals surface area contributed by atoms with Gasteiger partial charge in [0, 0.05) is 37.8 Å². The van der Waals surface area contributed by atoms with Crippen LogP contribution in [0.2, 0.25) is 0 Å². The average Bonchev–Trinajstić information content (AvgIpc) is 3.10. The molecular formula is C22H23N5O3. The quantitative estimate of drug-likeness (QED) is 0.762. The zero-order valence-corrected chi connectivity index (χ0v) is 16.8. The zero-order valence-electron chi connectivity index (χ0n) is 16.8. The minimum atomic E-state index is -0.597. The van der Waals surface area contributed by atoms with Crippen LogP contribution < -0.4 is 10.6 Å². The first-order chi connectivity index (χ1) is 14.5. The molecule has 0 bridgehead atoms. The summed E-state index contributed by atoms with van der Waals surface area (Å²) in [4.78, 5) is 36.7. The number of nitrogens with zero attached hydrogens (tertiary/aromatic N) is 4. The first-order valence-corrected chi connectivity index (χ1v) is 9.89. The van der Waals surface area contributed by atoms with Gasteiger partial charge in [-0.15, -0.1) is 0 Å². The number of anilines is 1. The zero-order chi connectivity index (χ0) is 21.1. The lowest BCUT2D eigenvalue weighted by Crippen LogP contribution is -2.38. The molecule has 1 unspecified atom stereocenters. The first-order valence-electron chi connectivity index (χ1n) is 9.89. The molecule has 0 radical (unpaired) electrons. The number of carbonyl (C=O) groups is 2. The van der Waals surface area contributed by atoms with E-state index in [1.807, 2.05) is 29.2 Å². The summed E-state index contributed by atoms with van der Waals surface area (Å²) in [7, 11) is 1.79. The molecule has 2 aliphatic rings. The molecule has 8 nitrogen and oxygen atoms in total. The van der Waals surface area contributed by atoms with E-state index in [1.165, 1.54) is 0 Å². The largest absolute Gasteiger partial charge is 0.378 e. The van der Waals surface area contributed by atoms with Crippen LogP contribution in [0, 0.1) is 17.8 Å². The summed E-state index contributed by atoms with van der Waals surface area (Å²) >= 11 is 0. The Morgan fingerprint density at radius 1 is 1.27 bits per heavy atom. The van der Waals surface area contributed by atoms with Gasteiger partial charge in [-0.25, -0.2) is 9.97 Å². The third kappa shape index (κ3) is 4.11. The molecule has 0 spiro atoms. The van der Waals surface area contributed by atoms with Crippen molar-refractivity contribution in [3.8, 4) is 23.2 Å². The Hall–Kier alpha value is -3.44. The van der Waals surface area contributed by atoms with Gasteiger partial charge in [0.1, 0.15) is 5.92 Å².